The zero-order valence-electron chi connectivity index (χ0n) is 49.0. The van der Waals surface area contributed by atoms with Crippen molar-refractivity contribution in [3.8, 4) is 0 Å². The minimum absolute atomic E-state index is 0.105. The molecule has 0 aliphatic rings. The largest absolute Gasteiger partial charge is 0.462 e. The number of rotatable bonds is 54. The summed E-state index contributed by atoms with van der Waals surface area (Å²) in [6.45, 7) is 6.30. The van der Waals surface area contributed by atoms with E-state index in [1.165, 1.54) is 89.9 Å². The zero-order valence-corrected chi connectivity index (χ0v) is 49.0. The van der Waals surface area contributed by atoms with Crippen LogP contribution in [0.15, 0.2) is 146 Å². The van der Waals surface area contributed by atoms with Crippen molar-refractivity contribution in [3.63, 3.8) is 0 Å². The third-order valence-corrected chi connectivity index (χ3v) is 12.6. The van der Waals surface area contributed by atoms with Crippen LogP contribution in [0.5, 0.6) is 0 Å². The van der Waals surface area contributed by atoms with Crippen LogP contribution in [0.4, 0.5) is 0 Å². The summed E-state index contributed by atoms with van der Waals surface area (Å²) in [5.74, 6) is -0.979. The molecule has 428 valence electrons. The molecule has 0 saturated heterocycles. The SMILES string of the molecule is CC/C=C\C/C=C\C/C=C\C/C=C\C/C=C\C/C=C\C/C=C\CCCC(=O)OC(COC(=O)CCCCCCCC)COC(=O)CCCCCCCCCCCCCCC/C=C\C/C=C\C/C=C\C/C=C\C/C=C\CC. The average Bonchev–Trinajstić information content (AvgIpc) is 3.42. The molecule has 0 N–H and O–H groups in total. The Morgan fingerprint density at radius 1 is 0.276 bits per heavy atom. The molecule has 0 bridgehead atoms. The van der Waals surface area contributed by atoms with Crippen LogP contribution in [-0.4, -0.2) is 37.2 Å². The molecule has 6 heteroatoms. The first-order chi connectivity index (χ1) is 37.5. The summed E-state index contributed by atoms with van der Waals surface area (Å²) in [6, 6.07) is 0. The third-order valence-electron chi connectivity index (χ3n) is 12.6. The van der Waals surface area contributed by atoms with E-state index in [-0.39, 0.29) is 37.5 Å². The highest BCUT2D eigenvalue weighted by atomic mass is 16.6. The Labute approximate surface area is 467 Å². The Bertz CT molecular complexity index is 1680. The van der Waals surface area contributed by atoms with Gasteiger partial charge < -0.3 is 14.2 Å². The zero-order chi connectivity index (χ0) is 55.0. The quantitative estimate of drug-likeness (QED) is 0.0261. The molecule has 0 aliphatic heterocycles. The number of unbranched alkanes of at least 4 members (excludes halogenated alkanes) is 19. The summed E-state index contributed by atoms with van der Waals surface area (Å²) in [4.78, 5) is 38.0. The van der Waals surface area contributed by atoms with Crippen molar-refractivity contribution in [2.24, 2.45) is 0 Å². The van der Waals surface area contributed by atoms with Crippen molar-refractivity contribution in [2.75, 3.05) is 13.2 Å². The number of hydrogen-bond acceptors (Lipinski definition) is 6. The summed E-state index contributed by atoms with van der Waals surface area (Å²) in [7, 11) is 0. The maximum atomic E-state index is 12.8. The number of allylic oxidation sites excluding steroid dienone is 24. The van der Waals surface area contributed by atoms with Crippen LogP contribution < -0.4 is 0 Å². The smallest absolute Gasteiger partial charge is 0.306 e. The van der Waals surface area contributed by atoms with Crippen LogP contribution in [-0.2, 0) is 28.6 Å². The van der Waals surface area contributed by atoms with Gasteiger partial charge in [-0.25, -0.2) is 0 Å². The third kappa shape index (κ3) is 60.2. The van der Waals surface area contributed by atoms with Crippen LogP contribution in [0.3, 0.4) is 0 Å². The Kier molecular flexibility index (Phi) is 58.9. The Balaban J connectivity index is 4.20. The highest BCUT2D eigenvalue weighted by Crippen LogP contribution is 2.15. The summed E-state index contributed by atoms with van der Waals surface area (Å²) < 4.78 is 16.7. The molecule has 0 radical (unpaired) electrons. The minimum atomic E-state index is -0.811. The number of hydrogen-bond donors (Lipinski definition) is 0. The maximum absolute atomic E-state index is 12.8. The summed E-state index contributed by atoms with van der Waals surface area (Å²) in [5, 5.41) is 0. The summed E-state index contributed by atoms with van der Waals surface area (Å²) in [5.41, 5.74) is 0. The fraction of sp³-hybridized carbons (Fsp3) is 0.614. The van der Waals surface area contributed by atoms with Gasteiger partial charge in [-0.05, 0) is 116 Å². The number of esters is 3. The fourth-order valence-electron chi connectivity index (χ4n) is 8.05. The first-order valence-electron chi connectivity index (χ1n) is 30.8. The van der Waals surface area contributed by atoms with Gasteiger partial charge in [0.2, 0.25) is 0 Å². The molecule has 76 heavy (non-hydrogen) atoms. The van der Waals surface area contributed by atoms with Gasteiger partial charge in [-0.15, -0.1) is 0 Å². The van der Waals surface area contributed by atoms with Crippen molar-refractivity contribution in [2.45, 2.75) is 264 Å². The molecule has 0 saturated carbocycles. The van der Waals surface area contributed by atoms with E-state index >= 15 is 0 Å². The van der Waals surface area contributed by atoms with Crippen molar-refractivity contribution in [3.05, 3.63) is 146 Å². The molecule has 0 spiro atoms. The molecule has 0 aromatic heterocycles. The molecule has 1 unspecified atom stereocenters. The lowest BCUT2D eigenvalue weighted by molar-refractivity contribution is -0.167. The second-order valence-corrected chi connectivity index (χ2v) is 19.9. The molecule has 0 heterocycles. The number of carbonyl (C=O) groups excluding carboxylic acids is 3. The second-order valence-electron chi connectivity index (χ2n) is 19.9. The first-order valence-corrected chi connectivity index (χ1v) is 30.8. The minimum Gasteiger partial charge on any atom is -0.462 e. The molecule has 6 nitrogen and oxygen atoms in total. The van der Waals surface area contributed by atoms with E-state index in [4.69, 9.17) is 14.2 Å². The van der Waals surface area contributed by atoms with E-state index in [1.54, 1.807) is 0 Å². The van der Waals surface area contributed by atoms with E-state index in [0.717, 1.165) is 122 Å². The van der Waals surface area contributed by atoms with E-state index in [1.807, 2.05) is 0 Å². The van der Waals surface area contributed by atoms with Crippen molar-refractivity contribution >= 4 is 17.9 Å². The normalized spacial score (nSPS) is 13.1. The Morgan fingerprint density at radius 3 is 0.842 bits per heavy atom. The molecule has 0 aliphatic carbocycles. The van der Waals surface area contributed by atoms with Crippen LogP contribution >= 0.6 is 0 Å². The summed E-state index contributed by atoms with van der Waals surface area (Å²) >= 11 is 0. The number of carbonyl (C=O) groups is 3. The lowest BCUT2D eigenvalue weighted by atomic mass is 10.0. The van der Waals surface area contributed by atoms with E-state index < -0.39 is 6.10 Å². The lowest BCUT2D eigenvalue weighted by Gasteiger charge is -2.18. The molecule has 0 aromatic rings. The average molecular weight is 1050 g/mol. The first kappa shape index (κ1) is 71.3. The number of ether oxygens (including phenoxy) is 3. The molecule has 0 fully saturated rings. The van der Waals surface area contributed by atoms with Crippen LogP contribution in [0.2, 0.25) is 0 Å². The Morgan fingerprint density at radius 2 is 0.526 bits per heavy atom. The van der Waals surface area contributed by atoms with Crippen molar-refractivity contribution < 1.29 is 28.6 Å². The van der Waals surface area contributed by atoms with Gasteiger partial charge in [0.25, 0.3) is 0 Å². The van der Waals surface area contributed by atoms with Gasteiger partial charge in [0.1, 0.15) is 13.2 Å². The van der Waals surface area contributed by atoms with Gasteiger partial charge in [-0.1, -0.05) is 269 Å². The molecular weight excluding hydrogens is 937 g/mol. The maximum Gasteiger partial charge on any atom is 0.306 e. The predicted molar refractivity (Wildman–Crippen MR) is 329 cm³/mol. The predicted octanol–water partition coefficient (Wildman–Crippen LogP) is 21.2. The van der Waals surface area contributed by atoms with Crippen molar-refractivity contribution in [1.29, 1.82) is 0 Å². The van der Waals surface area contributed by atoms with Gasteiger partial charge in [0, 0.05) is 19.3 Å². The topological polar surface area (TPSA) is 78.9 Å². The molecule has 0 aromatic carbocycles. The van der Waals surface area contributed by atoms with E-state index in [9.17, 15) is 14.4 Å². The van der Waals surface area contributed by atoms with Crippen LogP contribution in [0.1, 0.15) is 258 Å². The molecular formula is C70H112O6. The van der Waals surface area contributed by atoms with Gasteiger partial charge in [-0.3, -0.25) is 14.4 Å². The van der Waals surface area contributed by atoms with Gasteiger partial charge in [-0.2, -0.15) is 0 Å². The van der Waals surface area contributed by atoms with Gasteiger partial charge >= 0.3 is 17.9 Å². The highest BCUT2D eigenvalue weighted by molar-refractivity contribution is 5.71. The Hall–Kier alpha value is -4.71. The monoisotopic (exact) mass is 1050 g/mol. The lowest BCUT2D eigenvalue weighted by Crippen LogP contribution is -2.30. The van der Waals surface area contributed by atoms with E-state index in [2.05, 4.69) is 167 Å². The van der Waals surface area contributed by atoms with Gasteiger partial charge in [0.05, 0.1) is 0 Å². The molecule has 1 atom stereocenters. The van der Waals surface area contributed by atoms with Crippen molar-refractivity contribution in [1.82, 2.24) is 0 Å². The highest BCUT2D eigenvalue weighted by Gasteiger charge is 2.19. The van der Waals surface area contributed by atoms with Crippen LogP contribution in [0.25, 0.3) is 0 Å². The standard InChI is InChI=1S/C70H112O6/c1-4-7-10-13-16-18-20-22-24-26-28-30-32-33-34-35-36-37-39-40-42-44-46-48-50-52-54-57-60-63-69(72)75-66-67(65-74-68(71)62-59-56-15-12-9-6-3)76-70(73)64-61-58-55-53-51-49-47-45-43-41-38-31-29-27-25-23-21-19-17-14-11-8-5-2/h7-8,10-11,16-19,22-25,28-31,33-34,41,43,47,49,53,55,67H,4-6,9,12-15,20-21,26-27,32,35-40,42,44-46,48,50-52,54,56-66H2,1-3H3/b10-7-,11-8-,18-16-,19-17-,24-22-,25-23-,30-28-,31-29-,34-33-,43-41-,49-47-,55-53-. The second kappa shape index (κ2) is 62.8. The molecule has 0 rings (SSSR count). The van der Waals surface area contributed by atoms with E-state index in [0.29, 0.717) is 19.3 Å². The summed E-state index contributed by atoms with van der Waals surface area (Å²) in [6.07, 6.45) is 90.3. The fourth-order valence-corrected chi connectivity index (χ4v) is 8.05. The van der Waals surface area contributed by atoms with Crippen LogP contribution in [0, 0.1) is 0 Å². The van der Waals surface area contributed by atoms with Gasteiger partial charge in [0.15, 0.2) is 6.10 Å². The molecule has 0 amide bonds.